The average Bonchev–Trinajstić information content (AvgIpc) is 2.67. The van der Waals surface area contributed by atoms with Gasteiger partial charge in [-0.05, 0) is 56.6 Å². The van der Waals surface area contributed by atoms with Gasteiger partial charge in [-0.2, -0.15) is 0 Å². The van der Waals surface area contributed by atoms with Gasteiger partial charge in [-0.1, -0.05) is 6.42 Å². The van der Waals surface area contributed by atoms with Crippen LogP contribution in [0.2, 0.25) is 0 Å². The zero-order chi connectivity index (χ0) is 14.9. The van der Waals surface area contributed by atoms with E-state index in [0.29, 0.717) is 0 Å². The topological polar surface area (TPSA) is 66.4 Å². The van der Waals surface area contributed by atoms with E-state index in [4.69, 9.17) is 5.11 Å². The minimum absolute atomic E-state index is 0.0316. The molecular weight excluding hydrogens is 286 g/mol. The van der Waals surface area contributed by atoms with Crippen LogP contribution in [0.1, 0.15) is 65.1 Å². The number of amides is 1. The van der Waals surface area contributed by atoms with E-state index >= 15 is 0 Å². The highest BCUT2D eigenvalue weighted by Crippen LogP contribution is 2.36. The number of fused-ring (bicyclic) bond motifs is 1. The van der Waals surface area contributed by atoms with Crippen LogP contribution in [0.15, 0.2) is 6.07 Å². The van der Waals surface area contributed by atoms with Gasteiger partial charge in [0.1, 0.15) is 0 Å². The molecule has 0 atom stereocenters. The molecule has 0 aliphatic heterocycles. The van der Waals surface area contributed by atoms with Gasteiger partial charge in [0, 0.05) is 4.88 Å². The lowest BCUT2D eigenvalue weighted by atomic mass is 9.74. The Balaban J connectivity index is 1.72. The van der Waals surface area contributed by atoms with Gasteiger partial charge in [0.15, 0.2) is 0 Å². The van der Waals surface area contributed by atoms with E-state index in [1.165, 1.54) is 29.7 Å². The summed E-state index contributed by atoms with van der Waals surface area (Å²) in [5.74, 6) is -0.925. The number of carboxylic acid groups (broad SMARTS) is 1. The summed E-state index contributed by atoms with van der Waals surface area (Å²) in [4.78, 5) is 25.5. The summed E-state index contributed by atoms with van der Waals surface area (Å²) < 4.78 is 0. The maximum absolute atomic E-state index is 12.4. The van der Waals surface area contributed by atoms with Crippen LogP contribution < -0.4 is 5.32 Å². The molecule has 0 spiro atoms. The summed E-state index contributed by atoms with van der Waals surface area (Å²) in [6.07, 6.45) is 8.40. The number of hydrogen-bond donors (Lipinski definition) is 2. The molecule has 2 aliphatic carbocycles. The molecule has 1 aromatic rings. The number of aryl methyl sites for hydroxylation is 2. The Morgan fingerprint density at radius 2 is 1.95 bits per heavy atom. The van der Waals surface area contributed by atoms with Crippen LogP contribution in [0.3, 0.4) is 0 Å². The number of nitrogens with one attached hydrogen (secondary N) is 1. The van der Waals surface area contributed by atoms with E-state index in [9.17, 15) is 9.59 Å². The number of carbonyl (C=O) groups is 2. The highest BCUT2D eigenvalue weighted by atomic mass is 32.1. The fraction of sp³-hybridized carbons (Fsp3) is 0.625. The molecule has 2 N–H and O–H groups in total. The Morgan fingerprint density at radius 3 is 2.62 bits per heavy atom. The van der Waals surface area contributed by atoms with Crippen LogP contribution in [-0.4, -0.2) is 22.5 Å². The standard InChI is InChI=1S/C16H21NO3S/c18-14(19)10-16(7-4-8-16)17-15(20)13-9-11-5-2-1-3-6-12(11)21-13/h9H,1-8,10H2,(H,17,20)(H,18,19). The van der Waals surface area contributed by atoms with Crippen molar-refractivity contribution in [2.24, 2.45) is 0 Å². The molecule has 0 aromatic carbocycles. The first-order chi connectivity index (χ1) is 10.1. The van der Waals surface area contributed by atoms with Crippen LogP contribution in [0, 0.1) is 0 Å². The molecule has 1 aromatic heterocycles. The van der Waals surface area contributed by atoms with Crippen LogP contribution >= 0.6 is 11.3 Å². The van der Waals surface area contributed by atoms with Gasteiger partial charge in [0.25, 0.3) is 5.91 Å². The van der Waals surface area contributed by atoms with Gasteiger partial charge in [0.05, 0.1) is 16.8 Å². The number of thiophene rings is 1. The third-order valence-corrected chi connectivity index (χ3v) is 5.89. The van der Waals surface area contributed by atoms with Gasteiger partial charge < -0.3 is 10.4 Å². The Morgan fingerprint density at radius 1 is 1.19 bits per heavy atom. The first-order valence-corrected chi connectivity index (χ1v) is 8.56. The SMILES string of the molecule is O=C(O)CC1(NC(=O)c2cc3c(s2)CCCCC3)CCC1. The van der Waals surface area contributed by atoms with Crippen molar-refractivity contribution < 1.29 is 14.7 Å². The van der Waals surface area contributed by atoms with Gasteiger partial charge in [-0.3, -0.25) is 9.59 Å². The van der Waals surface area contributed by atoms with Crippen LogP contribution in [0.5, 0.6) is 0 Å². The summed E-state index contributed by atoms with van der Waals surface area (Å²) in [5.41, 5.74) is 0.813. The number of carboxylic acids is 1. The summed E-state index contributed by atoms with van der Waals surface area (Å²) in [6.45, 7) is 0. The van der Waals surface area contributed by atoms with Crippen LogP contribution in [-0.2, 0) is 17.6 Å². The lowest BCUT2D eigenvalue weighted by Crippen LogP contribution is -2.54. The van der Waals surface area contributed by atoms with Crippen molar-refractivity contribution in [2.75, 3.05) is 0 Å². The Bertz CT molecular complexity index is 536. The highest BCUT2D eigenvalue weighted by Gasteiger charge is 2.40. The minimum atomic E-state index is -0.836. The van der Waals surface area contributed by atoms with Crippen LogP contribution in [0.4, 0.5) is 0 Å². The molecule has 0 bridgehead atoms. The molecule has 2 aliphatic rings. The third-order valence-electron chi connectivity index (χ3n) is 4.65. The van der Waals surface area contributed by atoms with E-state index in [1.54, 1.807) is 11.3 Å². The second kappa shape index (κ2) is 5.79. The molecule has 5 heteroatoms. The first kappa shape index (κ1) is 14.6. The average molecular weight is 307 g/mol. The van der Waals surface area contributed by atoms with E-state index in [1.807, 2.05) is 6.07 Å². The lowest BCUT2D eigenvalue weighted by molar-refractivity contribution is -0.139. The molecule has 0 unspecified atom stereocenters. The summed E-state index contributed by atoms with van der Waals surface area (Å²) in [7, 11) is 0. The molecule has 3 rings (SSSR count). The van der Waals surface area contributed by atoms with Crippen molar-refractivity contribution in [3.8, 4) is 0 Å². The van der Waals surface area contributed by atoms with Gasteiger partial charge in [-0.15, -0.1) is 11.3 Å². The second-order valence-corrected chi connectivity index (χ2v) is 7.41. The Labute approximate surface area is 128 Å². The fourth-order valence-corrected chi connectivity index (χ4v) is 4.47. The van der Waals surface area contributed by atoms with Gasteiger partial charge >= 0.3 is 5.97 Å². The van der Waals surface area contributed by atoms with E-state index in [-0.39, 0.29) is 12.3 Å². The molecule has 1 fully saturated rings. The number of aliphatic carboxylic acids is 1. The predicted molar refractivity (Wildman–Crippen MR) is 81.9 cm³/mol. The minimum Gasteiger partial charge on any atom is -0.481 e. The van der Waals surface area contributed by atoms with Crippen molar-refractivity contribution in [3.05, 3.63) is 21.4 Å². The lowest BCUT2D eigenvalue weighted by Gasteiger charge is -2.41. The predicted octanol–water partition coefficient (Wildman–Crippen LogP) is 3.14. The maximum atomic E-state index is 12.4. The van der Waals surface area contributed by atoms with Crippen LogP contribution in [0.25, 0.3) is 0 Å². The van der Waals surface area contributed by atoms with E-state index < -0.39 is 11.5 Å². The highest BCUT2D eigenvalue weighted by molar-refractivity contribution is 7.14. The Kier molecular flexibility index (Phi) is 4.02. The largest absolute Gasteiger partial charge is 0.481 e. The monoisotopic (exact) mass is 307 g/mol. The van der Waals surface area contributed by atoms with Crippen molar-refractivity contribution in [1.29, 1.82) is 0 Å². The zero-order valence-corrected chi connectivity index (χ0v) is 12.9. The molecule has 0 radical (unpaired) electrons. The molecule has 0 saturated heterocycles. The van der Waals surface area contributed by atoms with Gasteiger partial charge in [-0.25, -0.2) is 0 Å². The summed E-state index contributed by atoms with van der Waals surface area (Å²) >= 11 is 1.59. The number of carbonyl (C=O) groups excluding carboxylic acids is 1. The van der Waals surface area contributed by atoms with Gasteiger partial charge in [0.2, 0.25) is 0 Å². The molecule has 1 heterocycles. The smallest absolute Gasteiger partial charge is 0.305 e. The van der Waals surface area contributed by atoms with Crippen molar-refractivity contribution in [3.63, 3.8) is 0 Å². The summed E-state index contributed by atoms with van der Waals surface area (Å²) in [5, 5.41) is 12.0. The normalized spacial score (nSPS) is 20.0. The third kappa shape index (κ3) is 3.12. The molecule has 1 amide bonds. The second-order valence-electron chi connectivity index (χ2n) is 6.28. The van der Waals surface area contributed by atoms with E-state index in [0.717, 1.165) is 37.0 Å². The maximum Gasteiger partial charge on any atom is 0.305 e. The molecule has 21 heavy (non-hydrogen) atoms. The van der Waals surface area contributed by atoms with Crippen molar-refractivity contribution in [1.82, 2.24) is 5.32 Å². The van der Waals surface area contributed by atoms with Crippen molar-refractivity contribution >= 4 is 23.2 Å². The fourth-order valence-electron chi connectivity index (χ4n) is 3.32. The zero-order valence-electron chi connectivity index (χ0n) is 12.1. The summed E-state index contributed by atoms with van der Waals surface area (Å²) in [6, 6.07) is 2.02. The Hall–Kier alpha value is -1.36. The van der Waals surface area contributed by atoms with E-state index in [2.05, 4.69) is 5.32 Å². The number of hydrogen-bond acceptors (Lipinski definition) is 3. The number of rotatable bonds is 4. The molecular formula is C16H21NO3S. The quantitative estimate of drug-likeness (QED) is 0.840. The molecule has 4 nitrogen and oxygen atoms in total. The molecule has 1 saturated carbocycles. The first-order valence-electron chi connectivity index (χ1n) is 7.74. The van der Waals surface area contributed by atoms with Crippen molar-refractivity contribution in [2.45, 2.75) is 63.3 Å². The molecule has 114 valence electrons.